The molecule has 0 saturated carbocycles. The molecule has 3 rings (SSSR count). The van der Waals surface area contributed by atoms with Crippen LogP contribution in [0.2, 0.25) is 5.02 Å². The molecule has 1 aliphatic heterocycles. The number of carbonyl (C=O) groups excluding carboxylic acids is 2. The van der Waals surface area contributed by atoms with Crippen LogP contribution in [0.3, 0.4) is 0 Å². The first-order valence-corrected chi connectivity index (χ1v) is 8.04. The van der Waals surface area contributed by atoms with E-state index in [1.807, 2.05) is 12.1 Å². The molecule has 0 fully saturated rings. The maximum Gasteiger partial charge on any atom is 0.270 e. The molecule has 23 heavy (non-hydrogen) atoms. The van der Waals surface area contributed by atoms with Gasteiger partial charge in [0.1, 0.15) is 5.69 Å². The van der Waals surface area contributed by atoms with Crippen molar-refractivity contribution in [2.45, 2.75) is 19.4 Å². The zero-order valence-corrected chi connectivity index (χ0v) is 13.6. The second-order valence-corrected chi connectivity index (χ2v) is 6.22. The maximum atomic E-state index is 12.2. The third-order valence-electron chi connectivity index (χ3n) is 3.23. The number of nitrogens with zero attached hydrogens (tertiary/aromatic N) is 2. The third kappa shape index (κ3) is 3.57. The molecule has 8 heteroatoms. The average Bonchev–Trinajstić information content (AvgIpc) is 3.17. The number of carbonyl (C=O) groups is 2. The molecule has 0 saturated heterocycles. The molecular weight excluding hydrogens is 338 g/mol. The summed E-state index contributed by atoms with van der Waals surface area (Å²) in [5.41, 5.74) is 1.87. The zero-order valence-electron chi connectivity index (χ0n) is 12.1. The number of Topliss-reactive ketones (excluding diaryl/α,β-unsaturated/α-hetero) is 1. The predicted molar refractivity (Wildman–Crippen MR) is 88.2 cm³/mol. The number of thiazole rings is 1. The second-order valence-electron chi connectivity index (χ2n) is 4.93. The van der Waals surface area contributed by atoms with Crippen LogP contribution in [0.5, 0.6) is 0 Å². The first-order valence-electron chi connectivity index (χ1n) is 6.79. The van der Waals surface area contributed by atoms with Gasteiger partial charge in [-0.1, -0.05) is 28.9 Å². The highest BCUT2D eigenvalue weighted by molar-refractivity contribution is 7.14. The van der Waals surface area contributed by atoms with Crippen LogP contribution in [0.25, 0.3) is 0 Å². The molecule has 0 radical (unpaired) electrons. The number of aromatic nitrogens is 1. The molecule has 1 N–H and O–H groups in total. The normalized spacial score (nSPS) is 16.6. The van der Waals surface area contributed by atoms with Crippen LogP contribution in [0.15, 0.2) is 34.8 Å². The Kier molecular flexibility index (Phi) is 4.40. The van der Waals surface area contributed by atoms with Crippen molar-refractivity contribution >= 4 is 45.5 Å². The largest absolute Gasteiger partial charge is 0.382 e. The molecule has 118 valence electrons. The number of amides is 1. The van der Waals surface area contributed by atoms with Gasteiger partial charge in [-0.3, -0.25) is 14.9 Å². The highest BCUT2D eigenvalue weighted by Crippen LogP contribution is 2.21. The van der Waals surface area contributed by atoms with E-state index in [-0.39, 0.29) is 11.7 Å². The topological polar surface area (TPSA) is 80.7 Å². The molecule has 1 atom stereocenters. The van der Waals surface area contributed by atoms with Crippen LogP contribution < -0.4 is 5.32 Å². The van der Waals surface area contributed by atoms with E-state index in [9.17, 15) is 9.59 Å². The summed E-state index contributed by atoms with van der Waals surface area (Å²) in [6, 6.07) is 7.16. The summed E-state index contributed by atoms with van der Waals surface area (Å²) in [6.45, 7) is 1.42. The molecule has 0 unspecified atom stereocenters. The van der Waals surface area contributed by atoms with Crippen molar-refractivity contribution in [2.24, 2.45) is 5.16 Å². The minimum absolute atomic E-state index is 0.146. The zero-order chi connectivity index (χ0) is 16.4. The van der Waals surface area contributed by atoms with E-state index in [0.717, 1.165) is 5.56 Å². The van der Waals surface area contributed by atoms with Gasteiger partial charge in [-0.15, -0.1) is 11.3 Å². The number of oxime groups is 1. The molecule has 0 aliphatic carbocycles. The Morgan fingerprint density at radius 1 is 1.35 bits per heavy atom. The molecule has 2 heterocycles. The lowest BCUT2D eigenvalue weighted by molar-refractivity contribution is -0.125. The Labute approximate surface area is 141 Å². The van der Waals surface area contributed by atoms with Crippen LogP contribution in [0, 0.1) is 0 Å². The number of hydrogen-bond acceptors (Lipinski definition) is 6. The van der Waals surface area contributed by atoms with Gasteiger partial charge < -0.3 is 4.84 Å². The van der Waals surface area contributed by atoms with E-state index in [2.05, 4.69) is 15.5 Å². The highest BCUT2D eigenvalue weighted by atomic mass is 35.5. The number of benzene rings is 1. The van der Waals surface area contributed by atoms with Gasteiger partial charge in [0.25, 0.3) is 5.91 Å². The van der Waals surface area contributed by atoms with Crippen molar-refractivity contribution in [2.75, 3.05) is 5.32 Å². The van der Waals surface area contributed by atoms with Crippen molar-refractivity contribution in [3.8, 4) is 0 Å². The first kappa shape index (κ1) is 15.6. The van der Waals surface area contributed by atoms with E-state index in [4.69, 9.17) is 16.4 Å². The lowest BCUT2D eigenvalue weighted by atomic mass is 10.0. The molecular formula is C15H12ClN3O3S. The summed E-state index contributed by atoms with van der Waals surface area (Å²) in [5.74, 6) is -0.491. The maximum absolute atomic E-state index is 12.2. The van der Waals surface area contributed by atoms with Crippen LogP contribution in [0.4, 0.5) is 5.13 Å². The molecule has 1 aromatic carbocycles. The van der Waals surface area contributed by atoms with Gasteiger partial charge >= 0.3 is 0 Å². The monoisotopic (exact) mass is 349 g/mol. The predicted octanol–water partition coefficient (Wildman–Crippen LogP) is 3.13. The second kappa shape index (κ2) is 6.47. The number of nitrogens with one attached hydrogen (secondary N) is 1. The molecule has 6 nitrogen and oxygen atoms in total. The molecule has 1 amide bonds. The van der Waals surface area contributed by atoms with Gasteiger partial charge in [0.2, 0.25) is 6.10 Å². The smallest absolute Gasteiger partial charge is 0.270 e. The fraction of sp³-hybridized carbons (Fsp3) is 0.200. The molecule has 0 bridgehead atoms. The van der Waals surface area contributed by atoms with Gasteiger partial charge in [0.05, 0.1) is 5.71 Å². The van der Waals surface area contributed by atoms with Crippen LogP contribution in [0.1, 0.15) is 29.4 Å². The number of ketones is 1. The molecule has 1 aromatic heterocycles. The van der Waals surface area contributed by atoms with Gasteiger partial charge in [-0.25, -0.2) is 4.98 Å². The lowest BCUT2D eigenvalue weighted by Crippen LogP contribution is -2.28. The highest BCUT2D eigenvalue weighted by Gasteiger charge is 2.29. The Hall–Kier alpha value is -2.25. The van der Waals surface area contributed by atoms with Crippen molar-refractivity contribution in [1.29, 1.82) is 0 Å². The van der Waals surface area contributed by atoms with Crippen molar-refractivity contribution in [1.82, 2.24) is 4.98 Å². The van der Waals surface area contributed by atoms with Gasteiger partial charge in [-0.05, 0) is 17.7 Å². The summed E-state index contributed by atoms with van der Waals surface area (Å²) in [5, 5.41) is 9.19. The van der Waals surface area contributed by atoms with Gasteiger partial charge in [0.15, 0.2) is 10.9 Å². The number of halogens is 1. The standard InChI is InChI=1S/C15H12ClN3O3S/c1-8(20)12-7-23-15(17-12)18-14(21)13-6-11(19-22-13)9-2-4-10(16)5-3-9/h2-5,7,13H,6H2,1H3,(H,17,18,21)/t13-/m1/s1. The summed E-state index contributed by atoms with van der Waals surface area (Å²) < 4.78 is 0. The Morgan fingerprint density at radius 3 is 2.74 bits per heavy atom. The van der Waals surface area contributed by atoms with Crippen LogP contribution >= 0.6 is 22.9 Å². The molecule has 1 aliphatic rings. The SMILES string of the molecule is CC(=O)c1csc(NC(=O)[C@H]2CC(c3ccc(Cl)cc3)=NO2)n1. The van der Waals surface area contributed by atoms with E-state index in [1.54, 1.807) is 17.5 Å². The van der Waals surface area contributed by atoms with Gasteiger partial charge in [0, 0.05) is 23.7 Å². The summed E-state index contributed by atoms with van der Waals surface area (Å²) in [6.07, 6.45) is -0.358. The van der Waals surface area contributed by atoms with Crippen molar-refractivity contribution in [3.05, 3.63) is 45.9 Å². The molecule has 0 spiro atoms. The summed E-state index contributed by atoms with van der Waals surface area (Å²) in [7, 11) is 0. The quantitative estimate of drug-likeness (QED) is 0.860. The van der Waals surface area contributed by atoms with E-state index in [0.29, 0.717) is 28.0 Å². The number of anilines is 1. The average molecular weight is 350 g/mol. The van der Waals surface area contributed by atoms with Crippen molar-refractivity contribution in [3.63, 3.8) is 0 Å². The van der Waals surface area contributed by atoms with E-state index < -0.39 is 6.10 Å². The Bertz CT molecular complexity index is 786. The Morgan fingerprint density at radius 2 is 2.09 bits per heavy atom. The first-order chi connectivity index (χ1) is 11.0. The van der Waals surface area contributed by atoms with Crippen LogP contribution in [-0.4, -0.2) is 28.5 Å². The number of hydrogen-bond donors (Lipinski definition) is 1. The molecule has 2 aromatic rings. The summed E-state index contributed by atoms with van der Waals surface area (Å²) >= 11 is 7.04. The Balaban J connectivity index is 1.61. The van der Waals surface area contributed by atoms with E-state index in [1.165, 1.54) is 18.3 Å². The van der Waals surface area contributed by atoms with E-state index >= 15 is 0 Å². The number of rotatable bonds is 4. The fourth-order valence-electron chi connectivity index (χ4n) is 2.01. The minimum Gasteiger partial charge on any atom is -0.382 e. The van der Waals surface area contributed by atoms with Crippen molar-refractivity contribution < 1.29 is 14.4 Å². The van der Waals surface area contributed by atoms with Crippen LogP contribution in [-0.2, 0) is 9.63 Å². The minimum atomic E-state index is -0.717. The lowest BCUT2D eigenvalue weighted by Gasteiger charge is -2.06. The third-order valence-corrected chi connectivity index (χ3v) is 4.24. The summed E-state index contributed by atoms with van der Waals surface area (Å²) in [4.78, 5) is 32.6. The fourth-order valence-corrected chi connectivity index (χ4v) is 2.89. The van der Waals surface area contributed by atoms with Gasteiger partial charge in [-0.2, -0.15) is 0 Å².